The van der Waals surface area contributed by atoms with Gasteiger partial charge in [0.15, 0.2) is 0 Å². The largest absolute Gasteiger partial charge is 0.388 e. The SMILES string of the molecule is Cn1cc([C@H](O)CCN)c2cccnc21. The predicted octanol–water partition coefficient (Wildman–Crippen LogP) is 0.956. The first kappa shape index (κ1) is 10.1. The van der Waals surface area contributed by atoms with Crippen LogP contribution in [0.25, 0.3) is 11.0 Å². The van der Waals surface area contributed by atoms with E-state index in [2.05, 4.69) is 4.98 Å². The third-order valence-electron chi connectivity index (χ3n) is 2.56. The summed E-state index contributed by atoms with van der Waals surface area (Å²) in [5, 5.41) is 10.9. The van der Waals surface area contributed by atoms with Crippen molar-refractivity contribution < 1.29 is 5.11 Å². The van der Waals surface area contributed by atoms with Gasteiger partial charge in [-0.25, -0.2) is 4.98 Å². The summed E-state index contributed by atoms with van der Waals surface area (Å²) in [6, 6.07) is 3.85. The Morgan fingerprint density at radius 3 is 3.13 bits per heavy atom. The maximum Gasteiger partial charge on any atom is 0.139 e. The van der Waals surface area contributed by atoms with Crippen molar-refractivity contribution in [2.75, 3.05) is 6.54 Å². The van der Waals surface area contributed by atoms with Gasteiger partial charge in [0, 0.05) is 30.4 Å². The zero-order chi connectivity index (χ0) is 10.8. The molecule has 2 aromatic rings. The van der Waals surface area contributed by atoms with Gasteiger partial charge in [0.25, 0.3) is 0 Å². The van der Waals surface area contributed by atoms with Crippen LogP contribution in [0.4, 0.5) is 0 Å². The topological polar surface area (TPSA) is 64.1 Å². The number of aromatic nitrogens is 2. The quantitative estimate of drug-likeness (QED) is 0.784. The zero-order valence-corrected chi connectivity index (χ0v) is 8.72. The molecule has 0 radical (unpaired) electrons. The molecule has 0 bridgehead atoms. The molecule has 0 aliphatic rings. The highest BCUT2D eigenvalue weighted by Crippen LogP contribution is 2.25. The molecule has 4 nitrogen and oxygen atoms in total. The van der Waals surface area contributed by atoms with Gasteiger partial charge in [0.05, 0.1) is 6.10 Å². The van der Waals surface area contributed by atoms with Gasteiger partial charge in [-0.05, 0) is 25.1 Å². The van der Waals surface area contributed by atoms with E-state index in [1.165, 1.54) is 0 Å². The van der Waals surface area contributed by atoms with Gasteiger partial charge in [-0.2, -0.15) is 0 Å². The first-order valence-electron chi connectivity index (χ1n) is 5.02. The van der Waals surface area contributed by atoms with E-state index in [0.717, 1.165) is 16.6 Å². The van der Waals surface area contributed by atoms with Crippen molar-refractivity contribution in [2.45, 2.75) is 12.5 Å². The van der Waals surface area contributed by atoms with Crippen molar-refractivity contribution in [2.24, 2.45) is 12.8 Å². The molecule has 4 heteroatoms. The van der Waals surface area contributed by atoms with E-state index < -0.39 is 6.10 Å². The summed E-state index contributed by atoms with van der Waals surface area (Å²) in [6.45, 7) is 0.484. The van der Waals surface area contributed by atoms with Crippen molar-refractivity contribution in [3.8, 4) is 0 Å². The average Bonchev–Trinajstić information content (AvgIpc) is 2.58. The lowest BCUT2D eigenvalue weighted by Crippen LogP contribution is -2.06. The normalized spacial score (nSPS) is 13.3. The van der Waals surface area contributed by atoms with E-state index in [9.17, 15) is 5.11 Å². The van der Waals surface area contributed by atoms with Crippen LogP contribution in [0.2, 0.25) is 0 Å². The first-order valence-corrected chi connectivity index (χ1v) is 5.02. The van der Waals surface area contributed by atoms with Crippen LogP contribution in [0.1, 0.15) is 18.1 Å². The summed E-state index contributed by atoms with van der Waals surface area (Å²) in [4.78, 5) is 4.26. The number of hydrogen-bond donors (Lipinski definition) is 2. The zero-order valence-electron chi connectivity index (χ0n) is 8.72. The van der Waals surface area contributed by atoms with E-state index >= 15 is 0 Å². The molecular formula is C11H15N3O. The molecular weight excluding hydrogens is 190 g/mol. The van der Waals surface area contributed by atoms with Crippen LogP contribution in [0, 0.1) is 0 Å². The number of rotatable bonds is 3. The molecule has 15 heavy (non-hydrogen) atoms. The monoisotopic (exact) mass is 205 g/mol. The number of nitrogens with two attached hydrogens (primary N) is 1. The molecule has 0 saturated heterocycles. The molecule has 1 atom stereocenters. The fourth-order valence-electron chi connectivity index (χ4n) is 1.82. The van der Waals surface area contributed by atoms with E-state index in [0.29, 0.717) is 13.0 Å². The summed E-state index contributed by atoms with van der Waals surface area (Å²) in [5.74, 6) is 0. The Kier molecular flexibility index (Phi) is 2.70. The van der Waals surface area contributed by atoms with E-state index in [4.69, 9.17) is 5.73 Å². The summed E-state index contributed by atoms with van der Waals surface area (Å²) in [7, 11) is 1.92. The minimum absolute atomic E-state index is 0.484. The second-order valence-electron chi connectivity index (χ2n) is 3.66. The van der Waals surface area contributed by atoms with Crippen molar-refractivity contribution in [1.29, 1.82) is 0 Å². The van der Waals surface area contributed by atoms with Gasteiger partial charge < -0.3 is 15.4 Å². The Bertz CT molecular complexity index is 464. The van der Waals surface area contributed by atoms with Crippen LogP contribution >= 0.6 is 0 Å². The van der Waals surface area contributed by atoms with Gasteiger partial charge in [-0.3, -0.25) is 0 Å². The lowest BCUT2D eigenvalue weighted by Gasteiger charge is -2.06. The van der Waals surface area contributed by atoms with E-state index in [-0.39, 0.29) is 0 Å². The molecule has 3 N–H and O–H groups in total. The molecule has 0 saturated carbocycles. The number of aryl methyl sites for hydroxylation is 1. The second-order valence-corrected chi connectivity index (χ2v) is 3.66. The Hall–Kier alpha value is -1.39. The molecule has 0 amide bonds. The Morgan fingerprint density at radius 1 is 1.60 bits per heavy atom. The number of aliphatic hydroxyl groups is 1. The smallest absolute Gasteiger partial charge is 0.139 e. The van der Waals surface area contributed by atoms with E-state index in [1.54, 1.807) is 6.20 Å². The van der Waals surface area contributed by atoms with Crippen LogP contribution in [0.15, 0.2) is 24.5 Å². The van der Waals surface area contributed by atoms with Gasteiger partial charge in [-0.1, -0.05) is 0 Å². The molecule has 2 rings (SSSR count). The Morgan fingerprint density at radius 2 is 2.40 bits per heavy atom. The fraction of sp³-hybridized carbons (Fsp3) is 0.364. The molecule has 0 fully saturated rings. The number of hydrogen-bond acceptors (Lipinski definition) is 3. The van der Waals surface area contributed by atoms with Gasteiger partial charge in [-0.15, -0.1) is 0 Å². The van der Waals surface area contributed by atoms with Crippen LogP contribution < -0.4 is 5.73 Å². The van der Waals surface area contributed by atoms with Gasteiger partial charge in [0.2, 0.25) is 0 Å². The number of pyridine rings is 1. The minimum atomic E-state index is -0.497. The third kappa shape index (κ3) is 1.73. The summed E-state index contributed by atoms with van der Waals surface area (Å²) < 4.78 is 1.92. The highest BCUT2D eigenvalue weighted by atomic mass is 16.3. The Labute approximate surface area is 88.3 Å². The van der Waals surface area contributed by atoms with Crippen molar-refractivity contribution in [1.82, 2.24) is 9.55 Å². The minimum Gasteiger partial charge on any atom is -0.388 e. The van der Waals surface area contributed by atoms with Crippen LogP contribution in [-0.4, -0.2) is 21.2 Å². The standard InChI is InChI=1S/C11H15N3O/c1-14-7-9(10(15)4-5-12)8-3-2-6-13-11(8)14/h2-3,6-7,10,15H,4-5,12H2,1H3/t10-/m1/s1. The maximum absolute atomic E-state index is 9.91. The first-order chi connectivity index (χ1) is 7.24. The van der Waals surface area contributed by atoms with Gasteiger partial charge >= 0.3 is 0 Å². The number of nitrogens with zero attached hydrogens (tertiary/aromatic N) is 2. The summed E-state index contributed by atoms with van der Waals surface area (Å²) in [6.07, 6.45) is 3.75. The molecule has 2 aromatic heterocycles. The van der Waals surface area contributed by atoms with E-state index in [1.807, 2.05) is 29.9 Å². The lowest BCUT2D eigenvalue weighted by molar-refractivity contribution is 0.171. The molecule has 0 unspecified atom stereocenters. The lowest BCUT2D eigenvalue weighted by atomic mass is 10.1. The maximum atomic E-state index is 9.91. The number of aliphatic hydroxyl groups excluding tert-OH is 1. The molecule has 0 aromatic carbocycles. The van der Waals surface area contributed by atoms with Crippen LogP contribution in [0.5, 0.6) is 0 Å². The van der Waals surface area contributed by atoms with Crippen molar-refractivity contribution in [3.05, 3.63) is 30.1 Å². The third-order valence-corrected chi connectivity index (χ3v) is 2.56. The molecule has 0 spiro atoms. The molecule has 80 valence electrons. The average molecular weight is 205 g/mol. The summed E-state index contributed by atoms with van der Waals surface area (Å²) in [5.41, 5.74) is 7.24. The highest BCUT2D eigenvalue weighted by molar-refractivity contribution is 5.80. The van der Waals surface area contributed by atoms with Crippen molar-refractivity contribution in [3.63, 3.8) is 0 Å². The predicted molar refractivity (Wildman–Crippen MR) is 59.3 cm³/mol. The van der Waals surface area contributed by atoms with Gasteiger partial charge in [0.1, 0.15) is 5.65 Å². The van der Waals surface area contributed by atoms with Crippen LogP contribution in [-0.2, 0) is 7.05 Å². The molecule has 0 aliphatic heterocycles. The highest BCUT2D eigenvalue weighted by Gasteiger charge is 2.13. The molecule has 0 aliphatic carbocycles. The Balaban J connectivity index is 2.52. The fourth-order valence-corrected chi connectivity index (χ4v) is 1.82. The molecule has 2 heterocycles. The summed E-state index contributed by atoms with van der Waals surface area (Å²) >= 11 is 0. The number of fused-ring (bicyclic) bond motifs is 1. The van der Waals surface area contributed by atoms with Crippen molar-refractivity contribution >= 4 is 11.0 Å². The second kappa shape index (κ2) is 4.00. The van der Waals surface area contributed by atoms with Crippen LogP contribution in [0.3, 0.4) is 0 Å².